The summed E-state index contributed by atoms with van der Waals surface area (Å²) in [6, 6.07) is 18.2. The first-order chi connectivity index (χ1) is 13.9. The van der Waals surface area contributed by atoms with Crippen LogP contribution >= 0.6 is 0 Å². The molecule has 0 amide bonds. The summed E-state index contributed by atoms with van der Waals surface area (Å²) >= 11 is 0. The number of hydrogen-bond donors (Lipinski definition) is 0. The average molecular weight is 389 g/mol. The van der Waals surface area contributed by atoms with Gasteiger partial charge in [0.2, 0.25) is 0 Å². The van der Waals surface area contributed by atoms with Gasteiger partial charge < -0.3 is 4.74 Å². The summed E-state index contributed by atoms with van der Waals surface area (Å²) < 4.78 is 5.18. The lowest BCUT2D eigenvalue weighted by Gasteiger charge is -2.11. The first-order valence-electron chi connectivity index (χ1n) is 10.2. The second-order valence-electron chi connectivity index (χ2n) is 7.74. The van der Waals surface area contributed by atoms with Crippen LogP contribution in [-0.4, -0.2) is 22.5 Å². The van der Waals surface area contributed by atoms with Gasteiger partial charge in [-0.05, 0) is 36.0 Å². The monoisotopic (exact) mass is 388 g/mol. The third-order valence-corrected chi connectivity index (χ3v) is 4.92. The van der Waals surface area contributed by atoms with Crippen molar-refractivity contribution in [3.05, 3.63) is 71.4 Å². The number of carbonyl (C=O) groups is 1. The predicted molar refractivity (Wildman–Crippen MR) is 117 cm³/mol. The van der Waals surface area contributed by atoms with Gasteiger partial charge in [0.05, 0.1) is 12.3 Å². The van der Waals surface area contributed by atoms with Gasteiger partial charge in [-0.3, -0.25) is 0 Å². The van der Waals surface area contributed by atoms with Crippen molar-refractivity contribution in [3.63, 3.8) is 0 Å². The molecule has 0 fully saturated rings. The van der Waals surface area contributed by atoms with Gasteiger partial charge in [0.25, 0.3) is 0 Å². The number of hydrogen-bond acceptors (Lipinski definition) is 4. The Hall–Kier alpha value is -3.01. The van der Waals surface area contributed by atoms with Crippen LogP contribution in [0.5, 0.6) is 0 Å². The van der Waals surface area contributed by atoms with Gasteiger partial charge in [0, 0.05) is 11.1 Å². The highest BCUT2D eigenvalue weighted by molar-refractivity contribution is 5.89. The molecule has 0 N–H and O–H groups in total. The van der Waals surface area contributed by atoms with E-state index in [2.05, 4.69) is 56.9 Å². The van der Waals surface area contributed by atoms with Crippen molar-refractivity contribution < 1.29 is 9.53 Å². The summed E-state index contributed by atoms with van der Waals surface area (Å²) in [5, 5.41) is 0. The van der Waals surface area contributed by atoms with Crippen LogP contribution in [0.2, 0.25) is 0 Å². The molecule has 0 aliphatic rings. The number of nitrogens with zero attached hydrogens (tertiary/aromatic N) is 2. The first-order valence-corrected chi connectivity index (χ1v) is 10.2. The van der Waals surface area contributed by atoms with Crippen LogP contribution < -0.4 is 0 Å². The van der Waals surface area contributed by atoms with Crippen molar-refractivity contribution in [1.82, 2.24) is 9.97 Å². The molecule has 0 aliphatic heterocycles. The highest BCUT2D eigenvalue weighted by Crippen LogP contribution is 2.26. The highest BCUT2D eigenvalue weighted by Gasteiger charge is 2.15. The Kier molecular flexibility index (Phi) is 6.42. The standard InChI is InChI=1S/C25H28N2O2/c1-6-29-25(28)23-15-22(20-11-7-18(8-12-20)16(2)3)26-24(27-23)21-13-9-19(10-14-21)17(4)5/h7-17H,6H2,1-5H3. The molecule has 4 nitrogen and oxygen atoms in total. The molecular formula is C25H28N2O2. The van der Waals surface area contributed by atoms with E-state index in [1.54, 1.807) is 13.0 Å². The van der Waals surface area contributed by atoms with Crippen LogP contribution in [0.1, 0.15) is 68.1 Å². The fourth-order valence-corrected chi connectivity index (χ4v) is 3.09. The number of ether oxygens (including phenoxy) is 1. The molecule has 0 saturated heterocycles. The Labute approximate surface area is 173 Å². The van der Waals surface area contributed by atoms with Gasteiger partial charge in [0.15, 0.2) is 11.5 Å². The fourth-order valence-electron chi connectivity index (χ4n) is 3.09. The second-order valence-corrected chi connectivity index (χ2v) is 7.74. The Morgan fingerprint density at radius 3 is 1.83 bits per heavy atom. The largest absolute Gasteiger partial charge is 0.461 e. The lowest BCUT2D eigenvalue weighted by Crippen LogP contribution is -2.09. The normalized spacial score (nSPS) is 11.1. The maximum Gasteiger partial charge on any atom is 0.357 e. The Bertz CT molecular complexity index is 905. The number of carbonyl (C=O) groups excluding carboxylic acids is 1. The summed E-state index contributed by atoms with van der Waals surface area (Å²) in [5.74, 6) is 0.995. The van der Waals surface area contributed by atoms with Crippen molar-refractivity contribution in [2.24, 2.45) is 0 Å². The maximum atomic E-state index is 12.4. The molecule has 0 atom stereocenters. The first kappa shape index (κ1) is 20.7. The summed E-state index contributed by atoms with van der Waals surface area (Å²) in [4.78, 5) is 21.6. The van der Waals surface area contributed by atoms with Crippen LogP contribution in [0, 0.1) is 0 Å². The molecule has 0 saturated carbocycles. The topological polar surface area (TPSA) is 52.1 Å². The molecule has 150 valence electrons. The van der Waals surface area contributed by atoms with Crippen molar-refractivity contribution in [1.29, 1.82) is 0 Å². The molecule has 0 aliphatic carbocycles. The van der Waals surface area contributed by atoms with E-state index < -0.39 is 5.97 Å². The molecule has 3 rings (SSSR count). The summed E-state index contributed by atoms with van der Waals surface area (Å²) in [5.41, 5.74) is 5.31. The molecule has 0 unspecified atom stereocenters. The van der Waals surface area contributed by atoms with Crippen molar-refractivity contribution >= 4 is 5.97 Å². The van der Waals surface area contributed by atoms with E-state index in [0.29, 0.717) is 30.0 Å². The second kappa shape index (κ2) is 8.99. The lowest BCUT2D eigenvalue weighted by molar-refractivity contribution is 0.0519. The van der Waals surface area contributed by atoms with Crippen molar-refractivity contribution in [2.45, 2.75) is 46.5 Å². The summed E-state index contributed by atoms with van der Waals surface area (Å²) in [7, 11) is 0. The van der Waals surface area contributed by atoms with Gasteiger partial charge in [-0.1, -0.05) is 76.2 Å². The van der Waals surface area contributed by atoms with Gasteiger partial charge in [-0.25, -0.2) is 14.8 Å². The minimum Gasteiger partial charge on any atom is -0.461 e. The van der Waals surface area contributed by atoms with Gasteiger partial charge >= 0.3 is 5.97 Å². The predicted octanol–water partition coefficient (Wildman–Crippen LogP) is 6.23. The molecule has 4 heteroatoms. The molecule has 0 spiro atoms. The Balaban J connectivity index is 2.07. The molecular weight excluding hydrogens is 360 g/mol. The average Bonchev–Trinajstić information content (AvgIpc) is 2.73. The number of esters is 1. The summed E-state index contributed by atoms with van der Waals surface area (Å²) in [6.45, 7) is 10.7. The van der Waals surface area contributed by atoms with Crippen LogP contribution in [0.4, 0.5) is 0 Å². The molecule has 1 heterocycles. The van der Waals surface area contributed by atoms with E-state index in [0.717, 1.165) is 11.1 Å². The van der Waals surface area contributed by atoms with Crippen LogP contribution in [-0.2, 0) is 4.74 Å². The van der Waals surface area contributed by atoms with E-state index in [1.807, 2.05) is 24.3 Å². The Morgan fingerprint density at radius 2 is 1.34 bits per heavy atom. The van der Waals surface area contributed by atoms with Crippen LogP contribution in [0.3, 0.4) is 0 Å². The third-order valence-electron chi connectivity index (χ3n) is 4.92. The van der Waals surface area contributed by atoms with Crippen LogP contribution in [0.15, 0.2) is 54.6 Å². The number of benzene rings is 2. The molecule has 0 bridgehead atoms. The van der Waals surface area contributed by atoms with E-state index >= 15 is 0 Å². The van der Waals surface area contributed by atoms with Crippen molar-refractivity contribution in [2.75, 3.05) is 6.61 Å². The zero-order valence-electron chi connectivity index (χ0n) is 17.8. The molecule has 29 heavy (non-hydrogen) atoms. The molecule has 0 radical (unpaired) electrons. The summed E-state index contributed by atoms with van der Waals surface area (Å²) in [6.07, 6.45) is 0. The van der Waals surface area contributed by atoms with E-state index in [9.17, 15) is 4.79 Å². The van der Waals surface area contributed by atoms with E-state index in [1.165, 1.54) is 11.1 Å². The third kappa shape index (κ3) is 4.89. The minimum atomic E-state index is -0.435. The van der Waals surface area contributed by atoms with Gasteiger partial charge in [-0.15, -0.1) is 0 Å². The fraction of sp³-hybridized carbons (Fsp3) is 0.320. The lowest BCUT2D eigenvalue weighted by atomic mass is 10.00. The quantitative estimate of drug-likeness (QED) is 0.469. The number of aromatic nitrogens is 2. The van der Waals surface area contributed by atoms with E-state index in [4.69, 9.17) is 9.72 Å². The molecule has 3 aromatic rings. The van der Waals surface area contributed by atoms with Crippen molar-refractivity contribution in [3.8, 4) is 22.6 Å². The zero-order chi connectivity index (χ0) is 21.0. The molecule has 1 aromatic heterocycles. The smallest absolute Gasteiger partial charge is 0.357 e. The number of rotatable bonds is 6. The zero-order valence-corrected chi connectivity index (χ0v) is 17.8. The minimum absolute atomic E-state index is 0.271. The van der Waals surface area contributed by atoms with Crippen LogP contribution in [0.25, 0.3) is 22.6 Å². The molecule has 2 aromatic carbocycles. The SMILES string of the molecule is CCOC(=O)c1cc(-c2ccc(C(C)C)cc2)nc(-c2ccc(C(C)C)cc2)n1. The highest BCUT2D eigenvalue weighted by atomic mass is 16.5. The van der Waals surface area contributed by atoms with Gasteiger partial charge in [-0.2, -0.15) is 0 Å². The van der Waals surface area contributed by atoms with Gasteiger partial charge in [0.1, 0.15) is 0 Å². The maximum absolute atomic E-state index is 12.4. The Morgan fingerprint density at radius 1 is 0.828 bits per heavy atom. The van der Waals surface area contributed by atoms with E-state index in [-0.39, 0.29) is 5.69 Å².